The van der Waals surface area contributed by atoms with Crippen molar-refractivity contribution >= 4 is 22.6 Å². The van der Waals surface area contributed by atoms with Gasteiger partial charge in [-0.3, -0.25) is 15.1 Å². The monoisotopic (exact) mass is 291 g/mol. The van der Waals surface area contributed by atoms with Crippen molar-refractivity contribution in [3.8, 4) is 0 Å². The number of rotatable bonds is 3. The number of hydrogen-bond donors (Lipinski definition) is 1. The molecule has 0 aromatic heterocycles. The summed E-state index contributed by atoms with van der Waals surface area (Å²) in [6.07, 6.45) is 4.94. The van der Waals surface area contributed by atoms with E-state index in [0.717, 1.165) is 10.7 Å². The maximum absolute atomic E-state index is 10.7. The van der Waals surface area contributed by atoms with Crippen LogP contribution < -0.4 is 5.32 Å². The normalized spacial score (nSPS) is 24.7. The van der Waals surface area contributed by atoms with Crippen LogP contribution in [0, 0.1) is 10.1 Å². The van der Waals surface area contributed by atoms with E-state index in [1.165, 1.54) is 31.7 Å². The third-order valence-corrected chi connectivity index (χ3v) is 4.79. The Bertz CT molecular complexity index is 547. The smallest absolute Gasteiger partial charge is 0.269 e. The van der Waals surface area contributed by atoms with Crippen LogP contribution in [-0.2, 0) is 5.75 Å². The summed E-state index contributed by atoms with van der Waals surface area (Å²) < 4.78 is 0. The van der Waals surface area contributed by atoms with Crippen molar-refractivity contribution in [1.29, 1.82) is 0 Å². The first-order chi connectivity index (χ1) is 9.72. The van der Waals surface area contributed by atoms with Crippen LogP contribution >= 0.6 is 11.8 Å². The number of thioether (sulfide) groups is 1. The number of nitrogens with zero attached hydrogens (tertiary/aromatic N) is 2. The zero-order chi connectivity index (χ0) is 13.9. The molecular formula is C14H17N3O2S. The van der Waals surface area contributed by atoms with Gasteiger partial charge in [-0.05, 0) is 18.4 Å². The predicted octanol–water partition coefficient (Wildman–Crippen LogP) is 3.10. The SMILES string of the molecule is O=[N+]([O-])c1cccc(CSC2=NC3CCCCC3N2)c1. The number of nitrogens with one attached hydrogen (secondary N) is 1. The summed E-state index contributed by atoms with van der Waals surface area (Å²) in [6.45, 7) is 0. The second kappa shape index (κ2) is 5.83. The van der Waals surface area contributed by atoms with Crippen LogP contribution in [0.3, 0.4) is 0 Å². The third kappa shape index (κ3) is 2.95. The maximum atomic E-state index is 10.7. The molecule has 106 valence electrons. The Morgan fingerprint density at radius 2 is 2.25 bits per heavy atom. The van der Waals surface area contributed by atoms with Gasteiger partial charge >= 0.3 is 0 Å². The number of nitro groups is 1. The zero-order valence-corrected chi connectivity index (χ0v) is 11.9. The van der Waals surface area contributed by atoms with Crippen LogP contribution in [0.1, 0.15) is 31.2 Å². The minimum atomic E-state index is -0.353. The van der Waals surface area contributed by atoms with E-state index in [1.54, 1.807) is 23.9 Å². The highest BCUT2D eigenvalue weighted by Crippen LogP contribution is 2.28. The molecule has 1 N–H and O–H groups in total. The standard InChI is InChI=1S/C14H17N3O2S/c18-17(19)11-5-3-4-10(8-11)9-20-14-15-12-6-1-2-7-13(12)16-14/h3-5,8,12-13H,1-2,6-7,9H2,(H,15,16). The van der Waals surface area contributed by atoms with Gasteiger partial charge in [-0.1, -0.05) is 36.7 Å². The first-order valence-corrected chi connectivity index (χ1v) is 7.91. The molecule has 0 saturated heterocycles. The molecule has 0 spiro atoms. The summed E-state index contributed by atoms with van der Waals surface area (Å²) in [5, 5.41) is 15.2. The Morgan fingerprint density at radius 1 is 1.40 bits per heavy atom. The average Bonchev–Trinajstić information content (AvgIpc) is 2.88. The molecule has 5 nitrogen and oxygen atoms in total. The first kappa shape index (κ1) is 13.4. The van der Waals surface area contributed by atoms with Crippen LogP contribution in [0.4, 0.5) is 5.69 Å². The Balaban J connectivity index is 1.60. The molecule has 0 bridgehead atoms. The first-order valence-electron chi connectivity index (χ1n) is 6.93. The van der Waals surface area contributed by atoms with Crippen LogP contribution in [0.2, 0.25) is 0 Å². The highest BCUT2D eigenvalue weighted by atomic mass is 32.2. The van der Waals surface area contributed by atoms with Crippen molar-refractivity contribution < 1.29 is 4.92 Å². The van der Waals surface area contributed by atoms with Crippen molar-refractivity contribution in [3.05, 3.63) is 39.9 Å². The molecule has 6 heteroatoms. The van der Waals surface area contributed by atoms with Crippen LogP contribution in [0.25, 0.3) is 0 Å². The van der Waals surface area contributed by atoms with Crippen molar-refractivity contribution in [3.63, 3.8) is 0 Å². The van der Waals surface area contributed by atoms with E-state index in [4.69, 9.17) is 4.99 Å². The lowest BCUT2D eigenvalue weighted by Gasteiger charge is -2.23. The van der Waals surface area contributed by atoms with E-state index >= 15 is 0 Å². The highest BCUT2D eigenvalue weighted by Gasteiger charge is 2.30. The second-order valence-electron chi connectivity index (χ2n) is 5.25. The number of nitro benzene ring substituents is 1. The lowest BCUT2D eigenvalue weighted by Crippen LogP contribution is -2.36. The summed E-state index contributed by atoms with van der Waals surface area (Å²) in [4.78, 5) is 15.1. The van der Waals surface area contributed by atoms with Gasteiger partial charge in [-0.25, -0.2) is 0 Å². The predicted molar refractivity (Wildman–Crippen MR) is 81.0 cm³/mol. The van der Waals surface area contributed by atoms with Gasteiger partial charge in [0, 0.05) is 17.9 Å². The van der Waals surface area contributed by atoms with Gasteiger partial charge in [-0.2, -0.15) is 0 Å². The van der Waals surface area contributed by atoms with Gasteiger partial charge in [0.05, 0.1) is 17.0 Å². The van der Waals surface area contributed by atoms with Gasteiger partial charge in [-0.15, -0.1) is 0 Å². The highest BCUT2D eigenvalue weighted by molar-refractivity contribution is 8.13. The van der Waals surface area contributed by atoms with Crippen LogP contribution in [0.15, 0.2) is 29.3 Å². The fourth-order valence-electron chi connectivity index (χ4n) is 2.77. The molecule has 0 amide bonds. The molecule has 1 aromatic carbocycles. The fraction of sp³-hybridized carbons (Fsp3) is 0.500. The van der Waals surface area contributed by atoms with E-state index in [9.17, 15) is 10.1 Å². The lowest BCUT2D eigenvalue weighted by molar-refractivity contribution is -0.384. The van der Waals surface area contributed by atoms with Gasteiger partial charge in [0.2, 0.25) is 0 Å². The molecule has 1 fully saturated rings. The lowest BCUT2D eigenvalue weighted by atomic mass is 9.92. The van der Waals surface area contributed by atoms with E-state index < -0.39 is 0 Å². The minimum absolute atomic E-state index is 0.151. The van der Waals surface area contributed by atoms with E-state index in [2.05, 4.69) is 5.32 Å². The molecule has 1 heterocycles. The molecular weight excluding hydrogens is 274 g/mol. The summed E-state index contributed by atoms with van der Waals surface area (Å²) >= 11 is 1.64. The van der Waals surface area contributed by atoms with E-state index in [0.29, 0.717) is 17.8 Å². The van der Waals surface area contributed by atoms with Crippen molar-refractivity contribution in [2.45, 2.75) is 43.5 Å². The Labute approximate surface area is 122 Å². The summed E-state index contributed by atoms with van der Waals surface area (Å²) in [6, 6.07) is 7.76. The Kier molecular flexibility index (Phi) is 3.91. The molecule has 1 aromatic rings. The molecule has 1 saturated carbocycles. The fourth-order valence-corrected chi connectivity index (χ4v) is 3.70. The van der Waals surface area contributed by atoms with Crippen molar-refractivity contribution in [1.82, 2.24) is 5.32 Å². The average molecular weight is 291 g/mol. The van der Waals surface area contributed by atoms with Crippen molar-refractivity contribution in [2.24, 2.45) is 4.99 Å². The summed E-state index contributed by atoms with van der Waals surface area (Å²) in [5.74, 6) is 0.715. The molecule has 20 heavy (non-hydrogen) atoms. The Hall–Kier alpha value is -1.56. The molecule has 1 aliphatic carbocycles. The topological polar surface area (TPSA) is 67.5 Å². The van der Waals surface area contributed by atoms with Gasteiger partial charge in [0.15, 0.2) is 5.17 Å². The molecule has 2 unspecified atom stereocenters. The van der Waals surface area contributed by atoms with Crippen molar-refractivity contribution in [2.75, 3.05) is 0 Å². The molecule has 1 aliphatic heterocycles. The molecule has 0 radical (unpaired) electrons. The van der Waals surface area contributed by atoms with E-state index in [1.807, 2.05) is 6.07 Å². The summed E-state index contributed by atoms with van der Waals surface area (Å²) in [5.41, 5.74) is 1.11. The van der Waals surface area contributed by atoms with Gasteiger partial charge in [0.1, 0.15) is 0 Å². The quantitative estimate of drug-likeness (QED) is 0.686. The molecule has 3 rings (SSSR count). The van der Waals surface area contributed by atoms with Crippen LogP contribution in [-0.4, -0.2) is 22.2 Å². The Morgan fingerprint density at radius 3 is 3.05 bits per heavy atom. The largest absolute Gasteiger partial charge is 0.360 e. The zero-order valence-electron chi connectivity index (χ0n) is 11.1. The molecule has 2 atom stereocenters. The van der Waals surface area contributed by atoms with Crippen LogP contribution in [0.5, 0.6) is 0 Å². The second-order valence-corrected chi connectivity index (χ2v) is 6.22. The van der Waals surface area contributed by atoms with Gasteiger partial charge in [0.25, 0.3) is 5.69 Å². The molecule has 2 aliphatic rings. The number of hydrogen-bond acceptors (Lipinski definition) is 5. The maximum Gasteiger partial charge on any atom is 0.269 e. The number of non-ortho nitro benzene ring substituents is 1. The minimum Gasteiger partial charge on any atom is -0.360 e. The summed E-state index contributed by atoms with van der Waals surface area (Å²) in [7, 11) is 0. The number of amidine groups is 1. The number of fused-ring (bicyclic) bond motifs is 1. The van der Waals surface area contributed by atoms with Gasteiger partial charge < -0.3 is 5.32 Å². The third-order valence-electron chi connectivity index (χ3n) is 3.82. The number of benzene rings is 1. The number of aliphatic imine (C=N–C) groups is 1. The van der Waals surface area contributed by atoms with E-state index in [-0.39, 0.29) is 10.6 Å².